The van der Waals surface area contributed by atoms with Crippen LogP contribution in [0, 0.1) is 5.41 Å². The third-order valence-corrected chi connectivity index (χ3v) is 3.65. The predicted molar refractivity (Wildman–Crippen MR) is 71.4 cm³/mol. The van der Waals surface area contributed by atoms with Crippen molar-refractivity contribution in [2.24, 2.45) is 5.41 Å². The summed E-state index contributed by atoms with van der Waals surface area (Å²) in [6, 6.07) is 0.289. The van der Waals surface area contributed by atoms with E-state index < -0.39 is 11.4 Å². The van der Waals surface area contributed by atoms with Gasteiger partial charge < -0.3 is 15.7 Å². The Kier molecular flexibility index (Phi) is 7.59. The summed E-state index contributed by atoms with van der Waals surface area (Å²) in [5.74, 6) is -0.995. The van der Waals surface area contributed by atoms with Crippen molar-refractivity contribution in [3.05, 3.63) is 0 Å². The van der Waals surface area contributed by atoms with Crippen LogP contribution < -0.4 is 10.6 Å². The molecule has 5 nitrogen and oxygen atoms in total. The molecule has 106 valence electrons. The molecule has 0 aromatic carbocycles. The van der Waals surface area contributed by atoms with Gasteiger partial charge in [0.25, 0.3) is 0 Å². The first-order valence-corrected chi connectivity index (χ1v) is 6.65. The van der Waals surface area contributed by atoms with E-state index in [1.54, 1.807) is 0 Å². The van der Waals surface area contributed by atoms with Crippen molar-refractivity contribution in [2.75, 3.05) is 13.1 Å². The second kappa shape index (κ2) is 8.08. The number of amides is 1. The maximum atomic E-state index is 11.6. The van der Waals surface area contributed by atoms with Crippen LogP contribution in [0.1, 0.15) is 47.0 Å². The lowest BCUT2D eigenvalue weighted by Gasteiger charge is -2.27. The van der Waals surface area contributed by atoms with Gasteiger partial charge in [0.15, 0.2) is 0 Å². The SMILES string of the molecule is CCC(C)NCC(=O)NCC(CC)(CC)C(=O)O. The van der Waals surface area contributed by atoms with Crippen LogP contribution in [0.15, 0.2) is 0 Å². The molecule has 0 aliphatic rings. The zero-order chi connectivity index (χ0) is 14.2. The molecule has 0 aliphatic carbocycles. The van der Waals surface area contributed by atoms with Crippen LogP contribution in [0.5, 0.6) is 0 Å². The second-order valence-corrected chi connectivity index (χ2v) is 4.76. The molecule has 5 heteroatoms. The van der Waals surface area contributed by atoms with Crippen LogP contribution in [-0.2, 0) is 9.59 Å². The van der Waals surface area contributed by atoms with E-state index in [9.17, 15) is 14.7 Å². The molecule has 1 unspecified atom stereocenters. The summed E-state index contributed by atoms with van der Waals surface area (Å²) in [7, 11) is 0. The number of aliphatic carboxylic acids is 1. The minimum absolute atomic E-state index is 0.150. The van der Waals surface area contributed by atoms with Crippen molar-refractivity contribution >= 4 is 11.9 Å². The summed E-state index contributed by atoms with van der Waals surface area (Å²) in [6.45, 7) is 8.14. The largest absolute Gasteiger partial charge is 0.481 e. The van der Waals surface area contributed by atoms with Crippen molar-refractivity contribution in [3.8, 4) is 0 Å². The molecular weight excluding hydrogens is 232 g/mol. The summed E-state index contributed by atoms with van der Waals surface area (Å²) >= 11 is 0. The lowest BCUT2D eigenvalue weighted by molar-refractivity contribution is -0.149. The molecule has 3 N–H and O–H groups in total. The van der Waals surface area contributed by atoms with Gasteiger partial charge in [-0.1, -0.05) is 20.8 Å². The predicted octanol–water partition coefficient (Wildman–Crippen LogP) is 1.38. The van der Waals surface area contributed by atoms with Gasteiger partial charge in [-0.15, -0.1) is 0 Å². The minimum atomic E-state index is -0.845. The summed E-state index contributed by atoms with van der Waals surface area (Å²) in [5.41, 5.74) is -0.841. The van der Waals surface area contributed by atoms with Gasteiger partial charge in [-0.05, 0) is 26.2 Å². The third kappa shape index (κ3) is 5.04. The molecule has 0 radical (unpaired) electrons. The fraction of sp³-hybridized carbons (Fsp3) is 0.846. The highest BCUT2D eigenvalue weighted by Gasteiger charge is 2.34. The highest BCUT2D eigenvalue weighted by Crippen LogP contribution is 2.25. The smallest absolute Gasteiger partial charge is 0.311 e. The van der Waals surface area contributed by atoms with E-state index in [4.69, 9.17) is 0 Å². The van der Waals surface area contributed by atoms with Gasteiger partial charge in [0.05, 0.1) is 12.0 Å². The average molecular weight is 258 g/mol. The highest BCUT2D eigenvalue weighted by molar-refractivity contribution is 5.80. The van der Waals surface area contributed by atoms with E-state index in [0.717, 1.165) is 6.42 Å². The fourth-order valence-corrected chi connectivity index (χ4v) is 1.62. The Morgan fingerprint density at radius 2 is 1.78 bits per heavy atom. The van der Waals surface area contributed by atoms with Gasteiger partial charge in [0.2, 0.25) is 5.91 Å². The Labute approximate surface area is 109 Å². The summed E-state index contributed by atoms with van der Waals surface area (Å²) < 4.78 is 0. The molecule has 0 spiro atoms. The molecule has 0 aliphatic heterocycles. The normalized spacial score (nSPS) is 13.1. The summed E-state index contributed by atoms with van der Waals surface area (Å²) in [6.07, 6.45) is 1.98. The van der Waals surface area contributed by atoms with E-state index >= 15 is 0 Å². The maximum absolute atomic E-state index is 11.6. The lowest BCUT2D eigenvalue weighted by atomic mass is 9.82. The van der Waals surface area contributed by atoms with Gasteiger partial charge in [-0.2, -0.15) is 0 Å². The molecule has 1 atom stereocenters. The first kappa shape index (κ1) is 16.9. The molecule has 0 aromatic heterocycles. The number of nitrogens with one attached hydrogen (secondary N) is 2. The number of hydrogen-bond acceptors (Lipinski definition) is 3. The molecule has 0 fully saturated rings. The Hall–Kier alpha value is -1.10. The third-order valence-electron chi connectivity index (χ3n) is 3.65. The van der Waals surface area contributed by atoms with Gasteiger partial charge >= 0.3 is 5.97 Å². The van der Waals surface area contributed by atoms with Crippen molar-refractivity contribution in [1.82, 2.24) is 10.6 Å². The Morgan fingerprint density at radius 1 is 1.22 bits per heavy atom. The van der Waals surface area contributed by atoms with E-state index in [1.165, 1.54) is 0 Å². The van der Waals surface area contributed by atoms with E-state index in [-0.39, 0.29) is 25.0 Å². The van der Waals surface area contributed by atoms with Gasteiger partial charge in [0.1, 0.15) is 0 Å². The van der Waals surface area contributed by atoms with E-state index in [0.29, 0.717) is 12.8 Å². The van der Waals surface area contributed by atoms with Crippen molar-refractivity contribution in [3.63, 3.8) is 0 Å². The van der Waals surface area contributed by atoms with Crippen LogP contribution in [0.3, 0.4) is 0 Å². The molecule has 18 heavy (non-hydrogen) atoms. The summed E-state index contributed by atoms with van der Waals surface area (Å²) in [5, 5.41) is 15.0. The Balaban J connectivity index is 4.20. The van der Waals surface area contributed by atoms with Crippen LogP contribution in [-0.4, -0.2) is 36.1 Å². The second-order valence-electron chi connectivity index (χ2n) is 4.76. The molecule has 0 aromatic rings. The molecule has 0 rings (SSSR count). The summed E-state index contributed by atoms with van der Waals surface area (Å²) in [4.78, 5) is 22.8. The maximum Gasteiger partial charge on any atom is 0.311 e. The number of carbonyl (C=O) groups is 2. The number of carboxylic acid groups (broad SMARTS) is 1. The molecular formula is C13H26N2O3. The monoisotopic (exact) mass is 258 g/mol. The fourth-order valence-electron chi connectivity index (χ4n) is 1.62. The first-order chi connectivity index (χ1) is 8.41. The van der Waals surface area contributed by atoms with Crippen LogP contribution in [0.25, 0.3) is 0 Å². The number of carbonyl (C=O) groups excluding carboxylic acids is 1. The zero-order valence-electron chi connectivity index (χ0n) is 11.9. The quantitative estimate of drug-likeness (QED) is 0.584. The Morgan fingerprint density at radius 3 is 2.17 bits per heavy atom. The highest BCUT2D eigenvalue weighted by atomic mass is 16.4. The first-order valence-electron chi connectivity index (χ1n) is 6.65. The van der Waals surface area contributed by atoms with Gasteiger partial charge in [0, 0.05) is 12.6 Å². The molecule has 0 heterocycles. The van der Waals surface area contributed by atoms with Crippen LogP contribution >= 0.6 is 0 Å². The number of hydrogen-bond donors (Lipinski definition) is 3. The molecule has 0 bridgehead atoms. The molecule has 0 saturated heterocycles. The van der Waals surface area contributed by atoms with Gasteiger partial charge in [-0.3, -0.25) is 9.59 Å². The number of rotatable bonds is 9. The van der Waals surface area contributed by atoms with Crippen LogP contribution in [0.4, 0.5) is 0 Å². The standard InChI is InChI=1S/C13H26N2O3/c1-5-10(4)14-8-11(16)15-9-13(6-2,7-3)12(17)18/h10,14H,5-9H2,1-4H3,(H,15,16)(H,17,18). The Bertz CT molecular complexity index is 275. The molecule has 1 amide bonds. The van der Waals surface area contributed by atoms with Crippen molar-refractivity contribution in [2.45, 2.75) is 53.0 Å². The van der Waals surface area contributed by atoms with Crippen LogP contribution in [0.2, 0.25) is 0 Å². The molecule has 0 saturated carbocycles. The topological polar surface area (TPSA) is 78.4 Å². The zero-order valence-corrected chi connectivity index (χ0v) is 11.9. The van der Waals surface area contributed by atoms with E-state index in [2.05, 4.69) is 10.6 Å². The van der Waals surface area contributed by atoms with Crippen molar-refractivity contribution < 1.29 is 14.7 Å². The number of carboxylic acids is 1. The average Bonchev–Trinajstić information content (AvgIpc) is 2.37. The van der Waals surface area contributed by atoms with E-state index in [1.807, 2.05) is 27.7 Å². The van der Waals surface area contributed by atoms with Crippen molar-refractivity contribution in [1.29, 1.82) is 0 Å². The van der Waals surface area contributed by atoms with Gasteiger partial charge in [-0.25, -0.2) is 0 Å². The minimum Gasteiger partial charge on any atom is -0.481 e. The lowest BCUT2D eigenvalue weighted by Crippen LogP contribution is -2.45.